The number of ether oxygens (including phenoxy) is 2. The summed E-state index contributed by atoms with van der Waals surface area (Å²) in [6.07, 6.45) is 4.52. The maximum Gasteiger partial charge on any atom is 0.330 e. The lowest BCUT2D eigenvalue weighted by Gasteiger charge is -2.18. The minimum absolute atomic E-state index is 0.0491. The van der Waals surface area contributed by atoms with Crippen molar-refractivity contribution in [2.75, 3.05) is 13.2 Å². The summed E-state index contributed by atoms with van der Waals surface area (Å²) in [5.41, 5.74) is 0.759. The van der Waals surface area contributed by atoms with Gasteiger partial charge in [-0.2, -0.15) is 4.91 Å². The molecule has 7 nitrogen and oxygen atoms in total. The molecule has 7 heteroatoms. The van der Waals surface area contributed by atoms with Crippen molar-refractivity contribution in [3.8, 4) is 5.75 Å². The molecule has 0 saturated carbocycles. The second kappa shape index (κ2) is 8.62. The Morgan fingerprint density at radius 3 is 2.63 bits per heavy atom. The number of aromatic nitrogens is 1. The average Bonchev–Trinajstić information content (AvgIpc) is 3.00. The minimum atomic E-state index is -0.543. The monoisotopic (exact) mass is 372 g/mol. The van der Waals surface area contributed by atoms with Crippen molar-refractivity contribution in [3.63, 3.8) is 0 Å². The quantitative estimate of drug-likeness (QED) is 0.415. The molecular weight excluding hydrogens is 348 g/mol. The van der Waals surface area contributed by atoms with Gasteiger partial charge in [0.15, 0.2) is 0 Å². The molecule has 0 radical (unpaired) electrons. The predicted octanol–water partition coefficient (Wildman–Crippen LogP) is 4.09. The molecule has 27 heavy (non-hydrogen) atoms. The van der Waals surface area contributed by atoms with Crippen molar-refractivity contribution >= 4 is 22.8 Å². The number of esters is 1. The second-order valence-corrected chi connectivity index (χ2v) is 7.01. The molecule has 0 N–H and O–H groups in total. The Labute approximate surface area is 157 Å². The van der Waals surface area contributed by atoms with Gasteiger partial charge in [-0.05, 0) is 25.1 Å². The summed E-state index contributed by atoms with van der Waals surface area (Å²) in [4.78, 5) is 34.7. The Hall–Kier alpha value is -2.96. The standard InChI is InChI=1S/C20H24N2O5/c1-5-26-18(23)7-6-10-27-17-12-16-14(11-15(17)13-21-25)8-9-22(16)19(24)20(2,3)4/h6-9,11-12H,5,10,13H2,1-4H3. The number of carbonyl (C=O) groups is 2. The molecule has 0 aliphatic heterocycles. The maximum atomic E-state index is 12.7. The lowest BCUT2D eigenvalue weighted by molar-refractivity contribution is -0.137. The lowest BCUT2D eigenvalue weighted by atomic mass is 9.95. The number of hydrogen-bond donors (Lipinski definition) is 0. The van der Waals surface area contributed by atoms with Crippen molar-refractivity contribution in [2.24, 2.45) is 10.6 Å². The molecule has 1 aromatic heterocycles. The summed E-state index contributed by atoms with van der Waals surface area (Å²) in [7, 11) is 0. The maximum absolute atomic E-state index is 12.7. The molecule has 1 aromatic carbocycles. The molecule has 0 aliphatic carbocycles. The molecule has 0 bridgehead atoms. The fourth-order valence-electron chi connectivity index (χ4n) is 2.55. The van der Waals surface area contributed by atoms with Crippen LogP contribution in [0.4, 0.5) is 0 Å². The number of carbonyl (C=O) groups excluding carboxylic acids is 2. The van der Waals surface area contributed by atoms with Gasteiger partial charge in [0.05, 0.1) is 12.1 Å². The summed E-state index contributed by atoms with van der Waals surface area (Å²) in [6.45, 7) is 7.64. The molecule has 2 aromatic rings. The highest BCUT2D eigenvalue weighted by molar-refractivity contribution is 5.95. The van der Waals surface area contributed by atoms with Gasteiger partial charge in [-0.15, -0.1) is 0 Å². The highest BCUT2D eigenvalue weighted by Crippen LogP contribution is 2.29. The zero-order chi connectivity index (χ0) is 20.0. The van der Waals surface area contributed by atoms with Crippen LogP contribution < -0.4 is 4.74 Å². The number of benzene rings is 1. The van der Waals surface area contributed by atoms with Crippen LogP contribution in [0, 0.1) is 10.3 Å². The van der Waals surface area contributed by atoms with Gasteiger partial charge in [-0.1, -0.05) is 25.9 Å². The minimum Gasteiger partial charge on any atom is -0.489 e. The normalized spacial score (nSPS) is 11.7. The first-order valence-electron chi connectivity index (χ1n) is 8.72. The number of rotatable bonds is 7. The van der Waals surface area contributed by atoms with Crippen LogP contribution in [0.5, 0.6) is 5.75 Å². The number of nitroso groups, excluding NO2 is 1. The van der Waals surface area contributed by atoms with E-state index >= 15 is 0 Å². The third-order valence-corrected chi connectivity index (χ3v) is 3.84. The van der Waals surface area contributed by atoms with E-state index in [1.807, 2.05) is 26.8 Å². The average molecular weight is 372 g/mol. The van der Waals surface area contributed by atoms with Crippen molar-refractivity contribution in [2.45, 2.75) is 34.2 Å². The van der Waals surface area contributed by atoms with E-state index in [0.29, 0.717) is 23.4 Å². The first-order valence-corrected chi connectivity index (χ1v) is 8.72. The molecule has 0 amide bonds. The first kappa shape index (κ1) is 20.4. The Kier molecular flexibility index (Phi) is 6.50. The van der Waals surface area contributed by atoms with E-state index in [9.17, 15) is 14.5 Å². The molecular formula is C20H24N2O5. The van der Waals surface area contributed by atoms with Gasteiger partial charge in [0, 0.05) is 34.7 Å². The van der Waals surface area contributed by atoms with Gasteiger partial charge in [-0.25, -0.2) is 4.79 Å². The van der Waals surface area contributed by atoms with Crippen LogP contribution in [0.15, 0.2) is 41.7 Å². The zero-order valence-electron chi connectivity index (χ0n) is 16.0. The van der Waals surface area contributed by atoms with Gasteiger partial charge in [0.25, 0.3) is 0 Å². The summed E-state index contributed by atoms with van der Waals surface area (Å²) in [5.74, 6) is -0.0554. The van der Waals surface area contributed by atoms with Crippen molar-refractivity contribution in [1.82, 2.24) is 4.57 Å². The summed E-state index contributed by atoms with van der Waals surface area (Å²) >= 11 is 0. The Morgan fingerprint density at radius 1 is 1.26 bits per heavy atom. The van der Waals surface area contributed by atoms with E-state index in [0.717, 1.165) is 5.39 Å². The lowest BCUT2D eigenvalue weighted by Crippen LogP contribution is -2.26. The molecule has 144 valence electrons. The molecule has 0 aliphatic rings. The molecule has 0 unspecified atom stereocenters. The van der Waals surface area contributed by atoms with E-state index < -0.39 is 11.4 Å². The molecule has 0 atom stereocenters. The first-order chi connectivity index (χ1) is 12.8. The van der Waals surface area contributed by atoms with E-state index in [4.69, 9.17) is 9.47 Å². The molecule has 0 fully saturated rings. The summed E-state index contributed by atoms with van der Waals surface area (Å²) in [6, 6.07) is 5.32. The summed E-state index contributed by atoms with van der Waals surface area (Å²) < 4.78 is 12.1. The van der Waals surface area contributed by atoms with Gasteiger partial charge >= 0.3 is 5.97 Å². The highest BCUT2D eigenvalue weighted by atomic mass is 16.5. The van der Waals surface area contributed by atoms with Gasteiger partial charge in [0.1, 0.15) is 18.9 Å². The van der Waals surface area contributed by atoms with Crippen molar-refractivity contribution in [3.05, 3.63) is 47.0 Å². The third-order valence-electron chi connectivity index (χ3n) is 3.84. The Balaban J connectivity index is 2.32. The second-order valence-electron chi connectivity index (χ2n) is 7.01. The van der Waals surface area contributed by atoms with Crippen molar-refractivity contribution in [1.29, 1.82) is 0 Å². The smallest absolute Gasteiger partial charge is 0.330 e. The number of nitrogens with zero attached hydrogens (tertiary/aromatic N) is 2. The van der Waals surface area contributed by atoms with E-state index in [2.05, 4.69) is 5.18 Å². The van der Waals surface area contributed by atoms with Crippen LogP contribution in [0.1, 0.15) is 38.1 Å². The SMILES string of the molecule is CCOC(=O)C=CCOc1cc2c(ccn2C(=O)C(C)(C)C)cc1CN=O. The fourth-order valence-corrected chi connectivity index (χ4v) is 2.55. The predicted molar refractivity (Wildman–Crippen MR) is 103 cm³/mol. The molecule has 0 saturated heterocycles. The zero-order valence-corrected chi connectivity index (χ0v) is 16.0. The Bertz CT molecular complexity index is 874. The summed E-state index contributed by atoms with van der Waals surface area (Å²) in [5, 5.41) is 3.76. The largest absolute Gasteiger partial charge is 0.489 e. The molecule has 2 rings (SSSR count). The van der Waals surface area contributed by atoms with E-state index in [1.54, 1.807) is 29.8 Å². The van der Waals surface area contributed by atoms with Gasteiger partial charge in [-0.3, -0.25) is 9.36 Å². The van der Waals surface area contributed by atoms with Crippen LogP contribution in [0.2, 0.25) is 0 Å². The van der Waals surface area contributed by atoms with Crippen LogP contribution in [-0.2, 0) is 16.1 Å². The van der Waals surface area contributed by atoms with Gasteiger partial charge in [0.2, 0.25) is 5.91 Å². The van der Waals surface area contributed by atoms with Crippen LogP contribution >= 0.6 is 0 Å². The third kappa shape index (κ3) is 5.03. The molecule has 0 spiro atoms. The van der Waals surface area contributed by atoms with Gasteiger partial charge < -0.3 is 9.47 Å². The number of fused-ring (bicyclic) bond motifs is 1. The van der Waals surface area contributed by atoms with Crippen molar-refractivity contribution < 1.29 is 19.1 Å². The topological polar surface area (TPSA) is 87.0 Å². The molecule has 1 heterocycles. The van der Waals surface area contributed by atoms with Crippen LogP contribution in [-0.4, -0.2) is 29.7 Å². The number of hydrogen-bond acceptors (Lipinski definition) is 6. The van der Waals surface area contributed by atoms with E-state index in [1.165, 1.54) is 12.2 Å². The Morgan fingerprint density at radius 2 is 2.00 bits per heavy atom. The van der Waals surface area contributed by atoms with Crippen LogP contribution in [0.3, 0.4) is 0 Å². The van der Waals surface area contributed by atoms with Crippen LogP contribution in [0.25, 0.3) is 10.9 Å². The highest BCUT2D eigenvalue weighted by Gasteiger charge is 2.24. The van der Waals surface area contributed by atoms with E-state index in [-0.39, 0.29) is 19.1 Å². The fraction of sp³-hybridized carbons (Fsp3) is 0.400.